The molecule has 0 fully saturated rings. The van der Waals surface area contributed by atoms with Crippen molar-refractivity contribution in [2.24, 2.45) is 0 Å². The van der Waals surface area contributed by atoms with Crippen LogP contribution in [-0.2, 0) is 14.3 Å². The van der Waals surface area contributed by atoms with E-state index in [0.717, 1.165) is 0 Å². The van der Waals surface area contributed by atoms with Crippen LogP contribution in [0.2, 0.25) is 0 Å². The smallest absolute Gasteiger partial charge is 0.371 e. The standard InChI is InChI=1S/C8H12O5/c1-3-5(7(9)10)6(8(11)12)13-4-2/h3-4H2,1-2H3,(H,9,10)(H,11,12)/b6-5-. The van der Waals surface area contributed by atoms with Crippen LogP contribution in [-0.4, -0.2) is 28.8 Å². The zero-order chi connectivity index (χ0) is 10.4. The van der Waals surface area contributed by atoms with Crippen molar-refractivity contribution in [1.82, 2.24) is 0 Å². The Labute approximate surface area is 75.6 Å². The molecule has 0 rings (SSSR count). The maximum absolute atomic E-state index is 10.6. The van der Waals surface area contributed by atoms with E-state index in [0.29, 0.717) is 0 Å². The van der Waals surface area contributed by atoms with Crippen molar-refractivity contribution in [3.63, 3.8) is 0 Å². The predicted octanol–water partition coefficient (Wildman–Crippen LogP) is 0.856. The van der Waals surface area contributed by atoms with Gasteiger partial charge in [0, 0.05) is 0 Å². The summed E-state index contributed by atoms with van der Waals surface area (Å²) in [6.45, 7) is 3.29. The highest BCUT2D eigenvalue weighted by atomic mass is 16.5. The molecule has 0 radical (unpaired) electrons. The maximum Gasteiger partial charge on any atom is 0.371 e. The Morgan fingerprint density at radius 3 is 1.92 bits per heavy atom. The summed E-state index contributed by atoms with van der Waals surface area (Å²) in [4.78, 5) is 21.1. The maximum atomic E-state index is 10.6. The van der Waals surface area contributed by atoms with Gasteiger partial charge in [0.25, 0.3) is 0 Å². The molecule has 0 aromatic carbocycles. The van der Waals surface area contributed by atoms with Gasteiger partial charge in [-0.2, -0.15) is 0 Å². The van der Waals surface area contributed by atoms with Gasteiger partial charge in [-0.15, -0.1) is 0 Å². The average Bonchev–Trinajstić information content (AvgIpc) is 2.03. The summed E-state index contributed by atoms with van der Waals surface area (Å²) >= 11 is 0. The van der Waals surface area contributed by atoms with Crippen LogP contribution in [0.15, 0.2) is 11.3 Å². The molecule has 0 spiro atoms. The van der Waals surface area contributed by atoms with Crippen LogP contribution < -0.4 is 0 Å². The fraction of sp³-hybridized carbons (Fsp3) is 0.500. The van der Waals surface area contributed by atoms with Crippen molar-refractivity contribution in [3.8, 4) is 0 Å². The number of carboxylic acids is 2. The summed E-state index contributed by atoms with van der Waals surface area (Å²) in [7, 11) is 0. The summed E-state index contributed by atoms with van der Waals surface area (Å²) < 4.78 is 4.72. The van der Waals surface area contributed by atoms with Gasteiger partial charge in [0.2, 0.25) is 5.76 Å². The number of hydrogen-bond donors (Lipinski definition) is 2. The molecule has 0 saturated carbocycles. The third-order valence-electron chi connectivity index (χ3n) is 1.37. The molecule has 0 aliphatic heterocycles. The molecular formula is C8H12O5. The number of ether oxygens (including phenoxy) is 1. The number of carbonyl (C=O) groups is 2. The first kappa shape index (κ1) is 11.5. The molecule has 0 aromatic rings. The Hall–Kier alpha value is -1.52. The van der Waals surface area contributed by atoms with E-state index < -0.39 is 17.7 Å². The van der Waals surface area contributed by atoms with Gasteiger partial charge in [0.05, 0.1) is 12.2 Å². The highest BCUT2D eigenvalue weighted by Crippen LogP contribution is 2.10. The quantitative estimate of drug-likeness (QED) is 0.493. The minimum absolute atomic E-state index is 0.122. The molecule has 0 saturated heterocycles. The van der Waals surface area contributed by atoms with Crippen molar-refractivity contribution in [3.05, 3.63) is 11.3 Å². The Bertz CT molecular complexity index is 241. The molecule has 13 heavy (non-hydrogen) atoms. The van der Waals surface area contributed by atoms with Crippen LogP contribution in [0.5, 0.6) is 0 Å². The molecule has 2 N–H and O–H groups in total. The first-order valence-corrected chi connectivity index (χ1v) is 3.87. The lowest BCUT2D eigenvalue weighted by Crippen LogP contribution is -2.13. The van der Waals surface area contributed by atoms with E-state index in [-0.39, 0.29) is 18.6 Å². The van der Waals surface area contributed by atoms with E-state index in [9.17, 15) is 9.59 Å². The predicted molar refractivity (Wildman–Crippen MR) is 44.2 cm³/mol. The van der Waals surface area contributed by atoms with E-state index in [4.69, 9.17) is 14.9 Å². The van der Waals surface area contributed by atoms with Crippen molar-refractivity contribution in [1.29, 1.82) is 0 Å². The van der Waals surface area contributed by atoms with Crippen LogP contribution in [0.4, 0.5) is 0 Å². The summed E-state index contributed by atoms with van der Waals surface area (Å²) in [6, 6.07) is 0. The summed E-state index contributed by atoms with van der Waals surface area (Å²) in [5, 5.41) is 17.2. The first-order chi connectivity index (χ1) is 6.04. The van der Waals surface area contributed by atoms with Gasteiger partial charge in [-0.3, -0.25) is 0 Å². The molecule has 5 heteroatoms. The zero-order valence-electron chi connectivity index (χ0n) is 7.53. The van der Waals surface area contributed by atoms with Crippen molar-refractivity contribution >= 4 is 11.9 Å². The number of carboxylic acid groups (broad SMARTS) is 2. The highest BCUT2D eigenvalue weighted by Gasteiger charge is 2.19. The van der Waals surface area contributed by atoms with Crippen LogP contribution in [0, 0.1) is 0 Å². The van der Waals surface area contributed by atoms with Gasteiger partial charge in [-0.25, -0.2) is 9.59 Å². The molecule has 0 bridgehead atoms. The summed E-state index contributed by atoms with van der Waals surface area (Å²) in [5.74, 6) is -3.08. The fourth-order valence-corrected chi connectivity index (χ4v) is 0.831. The Morgan fingerprint density at radius 2 is 1.69 bits per heavy atom. The number of hydrogen-bond acceptors (Lipinski definition) is 3. The fourth-order valence-electron chi connectivity index (χ4n) is 0.831. The summed E-state index contributed by atoms with van der Waals surface area (Å²) in [6.07, 6.45) is 0.122. The molecule has 0 heterocycles. The molecular weight excluding hydrogens is 176 g/mol. The van der Waals surface area contributed by atoms with E-state index in [2.05, 4.69) is 0 Å². The minimum Gasteiger partial charge on any atom is -0.486 e. The Morgan fingerprint density at radius 1 is 1.15 bits per heavy atom. The lowest BCUT2D eigenvalue weighted by molar-refractivity contribution is -0.139. The number of aliphatic carboxylic acids is 2. The van der Waals surface area contributed by atoms with Gasteiger partial charge >= 0.3 is 11.9 Å². The second-order valence-corrected chi connectivity index (χ2v) is 2.20. The summed E-state index contributed by atoms with van der Waals surface area (Å²) in [5.41, 5.74) is -0.214. The van der Waals surface area contributed by atoms with Crippen molar-refractivity contribution in [2.45, 2.75) is 20.3 Å². The number of rotatable bonds is 5. The van der Waals surface area contributed by atoms with Gasteiger partial charge in [-0.05, 0) is 13.3 Å². The average molecular weight is 188 g/mol. The molecule has 0 aliphatic carbocycles. The first-order valence-electron chi connectivity index (χ1n) is 3.87. The van der Waals surface area contributed by atoms with Gasteiger partial charge in [0.1, 0.15) is 0 Å². The SMILES string of the molecule is CCO/C(C(=O)O)=C(/CC)C(=O)O. The van der Waals surface area contributed by atoms with Gasteiger partial charge < -0.3 is 14.9 Å². The lowest BCUT2D eigenvalue weighted by Gasteiger charge is -2.06. The molecule has 0 aliphatic rings. The van der Waals surface area contributed by atoms with Gasteiger partial charge in [-0.1, -0.05) is 6.92 Å². The molecule has 5 nitrogen and oxygen atoms in total. The van der Waals surface area contributed by atoms with Crippen LogP contribution in [0.3, 0.4) is 0 Å². The lowest BCUT2D eigenvalue weighted by atomic mass is 10.2. The Balaban J connectivity index is 5.00. The van der Waals surface area contributed by atoms with E-state index in [1.165, 1.54) is 0 Å². The van der Waals surface area contributed by atoms with Gasteiger partial charge in [0.15, 0.2) is 0 Å². The largest absolute Gasteiger partial charge is 0.486 e. The monoisotopic (exact) mass is 188 g/mol. The van der Waals surface area contributed by atoms with E-state index in [1.807, 2.05) is 0 Å². The molecule has 0 atom stereocenters. The normalized spacial score (nSPS) is 11.8. The topological polar surface area (TPSA) is 83.8 Å². The molecule has 0 aromatic heterocycles. The van der Waals surface area contributed by atoms with Crippen LogP contribution in [0.1, 0.15) is 20.3 Å². The molecule has 74 valence electrons. The second kappa shape index (κ2) is 5.18. The van der Waals surface area contributed by atoms with E-state index >= 15 is 0 Å². The molecule has 0 amide bonds. The van der Waals surface area contributed by atoms with Crippen molar-refractivity contribution < 1.29 is 24.5 Å². The second-order valence-electron chi connectivity index (χ2n) is 2.20. The highest BCUT2D eigenvalue weighted by molar-refractivity contribution is 5.97. The van der Waals surface area contributed by atoms with Crippen molar-refractivity contribution in [2.75, 3.05) is 6.61 Å². The molecule has 0 unspecified atom stereocenters. The third-order valence-corrected chi connectivity index (χ3v) is 1.37. The Kier molecular flexibility index (Phi) is 4.58. The minimum atomic E-state index is -1.35. The zero-order valence-corrected chi connectivity index (χ0v) is 7.53. The third kappa shape index (κ3) is 3.14. The van der Waals surface area contributed by atoms with E-state index in [1.54, 1.807) is 13.8 Å². The van der Waals surface area contributed by atoms with Crippen LogP contribution in [0.25, 0.3) is 0 Å². The van der Waals surface area contributed by atoms with Crippen LogP contribution >= 0.6 is 0 Å².